The second-order valence-electron chi connectivity index (χ2n) is 8.74. The van der Waals surface area contributed by atoms with Gasteiger partial charge in [0.2, 0.25) is 0 Å². The first-order chi connectivity index (χ1) is 17.4. The number of benzene rings is 1. The Morgan fingerprint density at radius 1 is 1.14 bits per heavy atom. The average molecular weight is 491 g/mol. The Hall–Kier alpha value is -4.34. The third-order valence-corrected chi connectivity index (χ3v) is 5.84. The second-order valence-corrected chi connectivity index (χ2v) is 8.74. The minimum Gasteiger partial charge on any atom is -0.486 e. The van der Waals surface area contributed by atoms with Gasteiger partial charge in [0.05, 0.1) is 35.6 Å². The van der Waals surface area contributed by atoms with Gasteiger partial charge in [-0.2, -0.15) is 5.10 Å². The van der Waals surface area contributed by atoms with E-state index in [-0.39, 0.29) is 24.1 Å². The zero-order chi connectivity index (χ0) is 25.2. The van der Waals surface area contributed by atoms with E-state index in [9.17, 15) is 9.59 Å². The lowest BCUT2D eigenvalue weighted by molar-refractivity contribution is -0.133. The lowest BCUT2D eigenvalue weighted by atomic mass is 10.1. The number of amides is 1. The molecule has 1 aromatic carbocycles. The molecule has 0 bridgehead atoms. The number of pyridine rings is 1. The maximum Gasteiger partial charge on any atom is 0.339 e. The molecule has 1 aliphatic heterocycles. The average Bonchev–Trinajstić information content (AvgIpc) is 3.56. The summed E-state index contributed by atoms with van der Waals surface area (Å²) < 4.78 is 23.8. The van der Waals surface area contributed by atoms with E-state index < -0.39 is 12.6 Å². The van der Waals surface area contributed by atoms with E-state index in [0.29, 0.717) is 47.2 Å². The molecule has 0 fully saturated rings. The van der Waals surface area contributed by atoms with Crippen LogP contribution in [0.15, 0.2) is 53.3 Å². The van der Waals surface area contributed by atoms with Gasteiger partial charge < -0.3 is 23.5 Å². The van der Waals surface area contributed by atoms with E-state index in [0.717, 1.165) is 5.56 Å². The van der Waals surface area contributed by atoms with Crippen LogP contribution in [0, 0.1) is 0 Å². The molecule has 1 aliphatic rings. The molecule has 0 saturated heterocycles. The number of carbonyl (C=O) groups is 2. The molecule has 0 saturated carbocycles. The molecule has 0 atom stereocenters. The fourth-order valence-electron chi connectivity index (χ4n) is 3.96. The minimum atomic E-state index is -0.635. The highest BCUT2D eigenvalue weighted by atomic mass is 16.6. The van der Waals surface area contributed by atoms with Crippen molar-refractivity contribution in [3.8, 4) is 22.8 Å². The van der Waals surface area contributed by atoms with Crippen LogP contribution in [0.4, 0.5) is 0 Å². The maximum atomic E-state index is 13.2. The molecule has 0 aliphatic carbocycles. The molecule has 0 unspecified atom stereocenters. The Kier molecular flexibility index (Phi) is 6.32. The second kappa shape index (κ2) is 9.73. The van der Waals surface area contributed by atoms with Crippen molar-refractivity contribution in [1.82, 2.24) is 19.7 Å². The van der Waals surface area contributed by atoms with Gasteiger partial charge in [0.15, 0.2) is 23.8 Å². The summed E-state index contributed by atoms with van der Waals surface area (Å²) in [5.41, 5.74) is 2.12. The van der Waals surface area contributed by atoms with Crippen LogP contribution < -0.4 is 9.47 Å². The zero-order valence-corrected chi connectivity index (χ0v) is 20.3. The van der Waals surface area contributed by atoms with Crippen molar-refractivity contribution in [2.45, 2.75) is 26.4 Å². The molecule has 0 N–H and O–H groups in total. The predicted octanol–water partition coefficient (Wildman–Crippen LogP) is 3.86. The topological polar surface area (TPSA) is 109 Å². The van der Waals surface area contributed by atoms with Crippen molar-refractivity contribution in [2.75, 3.05) is 26.9 Å². The Balaban J connectivity index is 1.43. The number of furan rings is 1. The van der Waals surface area contributed by atoms with Crippen LogP contribution in [-0.2, 0) is 16.1 Å². The molecule has 10 nitrogen and oxygen atoms in total. The number of nitrogens with zero attached hydrogens (tertiary/aromatic N) is 4. The molecule has 10 heteroatoms. The zero-order valence-electron chi connectivity index (χ0n) is 20.3. The van der Waals surface area contributed by atoms with Gasteiger partial charge in [-0.05, 0) is 50.2 Å². The van der Waals surface area contributed by atoms with Gasteiger partial charge in [0, 0.05) is 18.7 Å². The smallest absolute Gasteiger partial charge is 0.339 e. The van der Waals surface area contributed by atoms with E-state index in [1.54, 1.807) is 42.4 Å². The van der Waals surface area contributed by atoms with Crippen molar-refractivity contribution in [3.63, 3.8) is 0 Å². The first kappa shape index (κ1) is 23.4. The Labute approximate surface area is 207 Å². The highest BCUT2D eigenvalue weighted by Crippen LogP contribution is 2.35. The molecule has 4 aromatic rings. The van der Waals surface area contributed by atoms with E-state index >= 15 is 0 Å². The van der Waals surface area contributed by atoms with Crippen LogP contribution >= 0.6 is 0 Å². The summed E-state index contributed by atoms with van der Waals surface area (Å²) in [7, 11) is 1.62. The van der Waals surface area contributed by atoms with Gasteiger partial charge in [-0.25, -0.2) is 14.5 Å². The van der Waals surface area contributed by atoms with Crippen molar-refractivity contribution >= 4 is 22.9 Å². The van der Waals surface area contributed by atoms with Gasteiger partial charge in [-0.3, -0.25) is 4.79 Å². The van der Waals surface area contributed by atoms with E-state index in [1.807, 2.05) is 32.0 Å². The van der Waals surface area contributed by atoms with Gasteiger partial charge in [0.1, 0.15) is 19.0 Å². The largest absolute Gasteiger partial charge is 0.486 e. The normalized spacial score (nSPS) is 12.7. The van der Waals surface area contributed by atoms with Gasteiger partial charge in [-0.1, -0.05) is 0 Å². The molecule has 186 valence electrons. The van der Waals surface area contributed by atoms with Crippen molar-refractivity contribution in [2.24, 2.45) is 0 Å². The van der Waals surface area contributed by atoms with Crippen LogP contribution in [0.3, 0.4) is 0 Å². The summed E-state index contributed by atoms with van der Waals surface area (Å²) in [5.74, 6) is 0.930. The Morgan fingerprint density at radius 2 is 1.94 bits per heavy atom. The van der Waals surface area contributed by atoms with E-state index in [1.165, 1.54) is 4.90 Å². The molecule has 0 spiro atoms. The molecule has 1 amide bonds. The van der Waals surface area contributed by atoms with E-state index in [2.05, 4.69) is 5.10 Å². The highest BCUT2D eigenvalue weighted by molar-refractivity contribution is 6.04. The van der Waals surface area contributed by atoms with Crippen LogP contribution in [0.5, 0.6) is 11.5 Å². The lowest BCUT2D eigenvalue weighted by Gasteiger charge is -2.19. The number of hydrogen-bond donors (Lipinski definition) is 0. The summed E-state index contributed by atoms with van der Waals surface area (Å²) in [5, 5.41) is 4.97. The lowest BCUT2D eigenvalue weighted by Crippen LogP contribution is -2.30. The fourth-order valence-corrected chi connectivity index (χ4v) is 3.96. The highest BCUT2D eigenvalue weighted by Gasteiger charge is 2.22. The first-order valence-electron chi connectivity index (χ1n) is 11.6. The fraction of sp³-hybridized carbons (Fsp3) is 0.308. The standard InChI is InChI=1S/C26H26N4O6/c1-16(2)30-25-20(13-27-30)19(26(32)36-15-24(31)29(3)14-18-5-4-8-33-18)12-21(28-25)17-6-7-22-23(11-17)35-10-9-34-22/h4-8,11-13,16H,9-10,14-15H2,1-3H3. The summed E-state index contributed by atoms with van der Waals surface area (Å²) in [6.45, 7) is 4.79. The van der Waals surface area contributed by atoms with Crippen LogP contribution in [0.25, 0.3) is 22.3 Å². The number of ether oxygens (including phenoxy) is 3. The monoisotopic (exact) mass is 490 g/mol. The third-order valence-electron chi connectivity index (χ3n) is 5.84. The molecular formula is C26H26N4O6. The SMILES string of the molecule is CC(C)n1ncc2c(C(=O)OCC(=O)N(C)Cc3ccco3)cc(-c3ccc4c(c3)OCCO4)nc21. The summed E-state index contributed by atoms with van der Waals surface area (Å²) >= 11 is 0. The maximum absolute atomic E-state index is 13.2. The summed E-state index contributed by atoms with van der Waals surface area (Å²) in [4.78, 5) is 31.9. The van der Waals surface area contributed by atoms with E-state index in [4.69, 9.17) is 23.6 Å². The predicted molar refractivity (Wildman–Crippen MR) is 130 cm³/mol. The molecule has 4 heterocycles. The van der Waals surface area contributed by atoms with Crippen LogP contribution in [0.1, 0.15) is 36.0 Å². The molecule has 36 heavy (non-hydrogen) atoms. The third kappa shape index (κ3) is 4.61. The minimum absolute atomic E-state index is 0.0196. The van der Waals surface area contributed by atoms with Gasteiger partial charge in [-0.15, -0.1) is 0 Å². The summed E-state index contributed by atoms with van der Waals surface area (Å²) in [6.07, 6.45) is 3.14. The Bertz CT molecular complexity index is 1410. The van der Waals surface area contributed by atoms with Gasteiger partial charge in [0.25, 0.3) is 5.91 Å². The quantitative estimate of drug-likeness (QED) is 0.359. The first-order valence-corrected chi connectivity index (χ1v) is 11.6. The molecule has 0 radical (unpaired) electrons. The summed E-state index contributed by atoms with van der Waals surface area (Å²) in [6, 6.07) is 10.7. The number of esters is 1. The number of fused-ring (bicyclic) bond motifs is 2. The number of hydrogen-bond acceptors (Lipinski definition) is 8. The molecule has 3 aromatic heterocycles. The number of rotatable bonds is 7. The van der Waals surface area contributed by atoms with Crippen molar-refractivity contribution in [3.05, 3.63) is 60.2 Å². The Morgan fingerprint density at radius 3 is 2.69 bits per heavy atom. The van der Waals surface area contributed by atoms with Crippen molar-refractivity contribution < 1.29 is 28.2 Å². The van der Waals surface area contributed by atoms with Crippen molar-refractivity contribution in [1.29, 1.82) is 0 Å². The molecular weight excluding hydrogens is 464 g/mol. The molecule has 5 rings (SSSR count). The van der Waals surface area contributed by atoms with Crippen LogP contribution in [-0.4, -0.2) is 58.4 Å². The van der Waals surface area contributed by atoms with Crippen LogP contribution in [0.2, 0.25) is 0 Å². The van der Waals surface area contributed by atoms with Gasteiger partial charge >= 0.3 is 5.97 Å². The number of carbonyl (C=O) groups excluding carboxylic acids is 2. The number of likely N-dealkylation sites (N-methyl/N-ethyl adjacent to an activating group) is 1. The number of aromatic nitrogens is 3.